The molecule has 0 heterocycles. The third kappa shape index (κ3) is 3.11. The predicted molar refractivity (Wildman–Crippen MR) is 86.4 cm³/mol. The smallest absolute Gasteiger partial charge is 0.274 e. The number of ether oxygens (including phenoxy) is 1. The summed E-state index contributed by atoms with van der Waals surface area (Å²) in [4.78, 5) is 10.6. The Bertz CT molecular complexity index is 831. The van der Waals surface area contributed by atoms with Gasteiger partial charge in [-0.2, -0.15) is 0 Å². The van der Waals surface area contributed by atoms with Crippen LogP contribution in [0.2, 0.25) is 0 Å². The Balaban J connectivity index is 2.48. The Morgan fingerprint density at radius 2 is 1.74 bits per heavy atom. The van der Waals surface area contributed by atoms with Crippen molar-refractivity contribution < 1.29 is 18.1 Å². The zero-order chi connectivity index (χ0) is 17.2. The number of methoxy groups -OCH3 is 1. The molecule has 2 aromatic carbocycles. The summed E-state index contributed by atoms with van der Waals surface area (Å²) in [6.45, 7) is 1.52. The van der Waals surface area contributed by atoms with E-state index in [2.05, 4.69) is 0 Å². The van der Waals surface area contributed by atoms with Crippen LogP contribution in [0.1, 0.15) is 5.56 Å². The maximum absolute atomic E-state index is 12.7. The van der Waals surface area contributed by atoms with Gasteiger partial charge in [-0.05, 0) is 37.3 Å². The van der Waals surface area contributed by atoms with Crippen LogP contribution in [0.25, 0.3) is 0 Å². The van der Waals surface area contributed by atoms with Crippen molar-refractivity contribution >= 4 is 21.4 Å². The summed E-state index contributed by atoms with van der Waals surface area (Å²) in [6.07, 6.45) is 0. The number of hydrogen-bond acceptors (Lipinski definition) is 5. The maximum atomic E-state index is 12.7. The monoisotopic (exact) mass is 336 g/mol. The minimum Gasteiger partial charge on any atom is -0.497 e. The van der Waals surface area contributed by atoms with Gasteiger partial charge in [0.1, 0.15) is 5.75 Å². The van der Waals surface area contributed by atoms with E-state index in [9.17, 15) is 18.5 Å². The minimum atomic E-state index is -3.83. The third-order valence-electron chi connectivity index (χ3n) is 3.53. The van der Waals surface area contributed by atoms with Gasteiger partial charge in [0.05, 0.1) is 28.2 Å². The van der Waals surface area contributed by atoms with Gasteiger partial charge in [-0.3, -0.25) is 14.4 Å². The molecule has 122 valence electrons. The first-order chi connectivity index (χ1) is 10.8. The number of hydrogen-bond donors (Lipinski definition) is 0. The van der Waals surface area contributed by atoms with E-state index >= 15 is 0 Å². The number of rotatable bonds is 5. The van der Waals surface area contributed by atoms with Gasteiger partial charge in [-0.15, -0.1) is 0 Å². The average molecular weight is 336 g/mol. The highest BCUT2D eigenvalue weighted by molar-refractivity contribution is 7.92. The molecule has 0 aliphatic rings. The van der Waals surface area contributed by atoms with Crippen LogP contribution in [-0.4, -0.2) is 27.5 Å². The van der Waals surface area contributed by atoms with Gasteiger partial charge in [0.2, 0.25) is 0 Å². The Kier molecular flexibility index (Phi) is 4.55. The Hall–Kier alpha value is -2.61. The lowest BCUT2D eigenvalue weighted by molar-refractivity contribution is -0.385. The van der Waals surface area contributed by atoms with Crippen molar-refractivity contribution in [2.24, 2.45) is 0 Å². The molecule has 0 N–H and O–H groups in total. The molecule has 0 aromatic heterocycles. The molecule has 2 rings (SSSR count). The predicted octanol–water partition coefficient (Wildman–Crippen LogP) is 2.74. The fourth-order valence-corrected chi connectivity index (χ4v) is 3.44. The maximum Gasteiger partial charge on any atom is 0.274 e. The van der Waals surface area contributed by atoms with Gasteiger partial charge in [0.15, 0.2) is 0 Å². The summed E-state index contributed by atoms with van der Waals surface area (Å²) in [7, 11) is -0.972. The first kappa shape index (κ1) is 16.8. The quantitative estimate of drug-likeness (QED) is 0.618. The molecule has 23 heavy (non-hydrogen) atoms. The van der Waals surface area contributed by atoms with Gasteiger partial charge in [0.25, 0.3) is 15.7 Å². The van der Waals surface area contributed by atoms with Gasteiger partial charge in [0, 0.05) is 13.1 Å². The summed E-state index contributed by atoms with van der Waals surface area (Å²) in [5.74, 6) is 0.540. The highest BCUT2D eigenvalue weighted by Crippen LogP contribution is 2.31. The van der Waals surface area contributed by atoms with E-state index in [1.807, 2.05) is 0 Å². The van der Waals surface area contributed by atoms with Gasteiger partial charge >= 0.3 is 0 Å². The molecule has 7 nitrogen and oxygen atoms in total. The van der Waals surface area contributed by atoms with Crippen LogP contribution in [0.5, 0.6) is 5.75 Å². The minimum absolute atomic E-state index is 0.0757. The molecular weight excluding hydrogens is 320 g/mol. The second-order valence-corrected chi connectivity index (χ2v) is 6.80. The Morgan fingerprint density at radius 3 is 2.26 bits per heavy atom. The van der Waals surface area contributed by atoms with Crippen molar-refractivity contribution in [3.63, 3.8) is 0 Å². The van der Waals surface area contributed by atoms with Crippen LogP contribution in [0.3, 0.4) is 0 Å². The number of sulfonamides is 1. The van der Waals surface area contributed by atoms with Crippen molar-refractivity contribution in [1.29, 1.82) is 0 Å². The molecule has 2 aromatic rings. The first-order valence-corrected chi connectivity index (χ1v) is 8.10. The Morgan fingerprint density at radius 1 is 1.13 bits per heavy atom. The van der Waals surface area contributed by atoms with Crippen LogP contribution in [0, 0.1) is 17.0 Å². The zero-order valence-corrected chi connectivity index (χ0v) is 13.7. The highest BCUT2D eigenvalue weighted by atomic mass is 32.2. The Labute approximate surface area is 134 Å². The van der Waals surface area contributed by atoms with Gasteiger partial charge in [-0.25, -0.2) is 8.42 Å². The van der Waals surface area contributed by atoms with Crippen LogP contribution < -0.4 is 9.04 Å². The summed E-state index contributed by atoms with van der Waals surface area (Å²) >= 11 is 0. The lowest BCUT2D eigenvalue weighted by atomic mass is 10.1. The first-order valence-electron chi connectivity index (χ1n) is 6.66. The summed E-state index contributed by atoms with van der Waals surface area (Å²) in [6, 6.07) is 10.3. The highest BCUT2D eigenvalue weighted by Gasteiger charge is 2.25. The lowest BCUT2D eigenvalue weighted by Crippen LogP contribution is -2.27. The number of nitro groups is 1. The van der Waals surface area contributed by atoms with E-state index in [-0.39, 0.29) is 21.8 Å². The summed E-state index contributed by atoms with van der Waals surface area (Å²) in [5, 5.41) is 11.0. The standard InChI is InChI=1S/C15H16N2O5S/c1-11-14(5-4-6-15(11)17(18)19)16(2)23(20,21)13-9-7-12(22-3)8-10-13/h4-10H,1-3H3. The van der Waals surface area contributed by atoms with E-state index in [0.29, 0.717) is 5.75 Å². The van der Waals surface area contributed by atoms with Gasteiger partial charge < -0.3 is 4.74 Å². The van der Waals surface area contributed by atoms with E-state index in [1.165, 1.54) is 51.4 Å². The number of nitrogens with zero attached hydrogens (tertiary/aromatic N) is 2. The molecule has 8 heteroatoms. The van der Waals surface area contributed by atoms with E-state index < -0.39 is 14.9 Å². The van der Waals surface area contributed by atoms with E-state index in [4.69, 9.17) is 4.74 Å². The van der Waals surface area contributed by atoms with Crippen LogP contribution >= 0.6 is 0 Å². The van der Waals surface area contributed by atoms with Crippen LogP contribution in [0.15, 0.2) is 47.4 Å². The molecular formula is C15H16N2O5S. The fourth-order valence-electron chi connectivity index (χ4n) is 2.19. The molecule has 0 spiro atoms. The molecule has 0 radical (unpaired) electrons. The van der Waals surface area contributed by atoms with Crippen molar-refractivity contribution in [2.75, 3.05) is 18.5 Å². The topological polar surface area (TPSA) is 89.8 Å². The summed E-state index contributed by atoms with van der Waals surface area (Å²) < 4.78 is 31.4. The average Bonchev–Trinajstić information content (AvgIpc) is 2.54. The van der Waals surface area contributed by atoms with Crippen molar-refractivity contribution in [3.05, 3.63) is 58.1 Å². The molecule has 0 aliphatic carbocycles. The number of anilines is 1. The zero-order valence-electron chi connectivity index (χ0n) is 12.9. The van der Waals surface area contributed by atoms with Crippen LogP contribution in [-0.2, 0) is 10.0 Å². The van der Waals surface area contributed by atoms with E-state index in [0.717, 1.165) is 4.31 Å². The second-order valence-electron chi connectivity index (χ2n) is 4.83. The largest absolute Gasteiger partial charge is 0.497 e. The second kappa shape index (κ2) is 6.25. The third-order valence-corrected chi connectivity index (χ3v) is 5.32. The van der Waals surface area contributed by atoms with Crippen molar-refractivity contribution in [3.8, 4) is 5.75 Å². The van der Waals surface area contributed by atoms with Gasteiger partial charge in [-0.1, -0.05) is 6.07 Å². The molecule has 0 bridgehead atoms. The molecule has 0 saturated heterocycles. The molecule has 0 saturated carbocycles. The SMILES string of the molecule is COc1ccc(S(=O)(=O)N(C)c2cccc([N+](=O)[O-])c2C)cc1. The van der Waals surface area contributed by atoms with E-state index in [1.54, 1.807) is 12.1 Å². The molecule has 0 amide bonds. The molecule has 0 aliphatic heterocycles. The summed E-state index contributed by atoms with van der Waals surface area (Å²) in [5.41, 5.74) is 0.423. The number of nitro benzene ring substituents is 1. The molecule has 0 unspecified atom stereocenters. The van der Waals surface area contributed by atoms with Crippen molar-refractivity contribution in [2.45, 2.75) is 11.8 Å². The molecule has 0 fully saturated rings. The fraction of sp³-hybridized carbons (Fsp3) is 0.200. The lowest BCUT2D eigenvalue weighted by Gasteiger charge is -2.21. The normalized spacial score (nSPS) is 11.1. The van der Waals surface area contributed by atoms with Crippen LogP contribution in [0.4, 0.5) is 11.4 Å². The molecule has 0 atom stereocenters. The number of benzene rings is 2. The van der Waals surface area contributed by atoms with Crippen molar-refractivity contribution in [1.82, 2.24) is 0 Å².